The van der Waals surface area contributed by atoms with Crippen LogP contribution in [0.4, 0.5) is 0 Å². The normalized spacial score (nSPS) is 34.0. The molecule has 0 radical (unpaired) electrons. The summed E-state index contributed by atoms with van der Waals surface area (Å²) in [6, 6.07) is 0. The van der Waals surface area contributed by atoms with E-state index < -0.39 is 5.97 Å². The maximum absolute atomic E-state index is 12.6. The fourth-order valence-corrected chi connectivity index (χ4v) is 5.68. The number of hydrogen-bond donors (Lipinski definition) is 4. The van der Waals surface area contributed by atoms with Gasteiger partial charge in [0.05, 0.1) is 5.92 Å². The van der Waals surface area contributed by atoms with E-state index in [2.05, 4.69) is 10.6 Å². The summed E-state index contributed by atoms with van der Waals surface area (Å²) in [5.74, 6) is 1.16. The number of aliphatic carboxylic acids is 1. The Kier molecular flexibility index (Phi) is 9.17. The van der Waals surface area contributed by atoms with Crippen LogP contribution >= 0.6 is 0 Å². The molecule has 0 atom stereocenters. The average molecular weight is 436 g/mol. The van der Waals surface area contributed by atoms with Gasteiger partial charge in [-0.1, -0.05) is 0 Å². The molecule has 2 amide bonds. The molecule has 0 bridgehead atoms. The minimum absolute atomic E-state index is 0.0776. The first-order valence-corrected chi connectivity index (χ1v) is 12.4. The number of carboxylic acid groups (broad SMARTS) is 1. The summed E-state index contributed by atoms with van der Waals surface area (Å²) in [6.07, 6.45) is 11.0. The lowest BCUT2D eigenvalue weighted by molar-refractivity contribution is -0.143. The van der Waals surface area contributed by atoms with Gasteiger partial charge in [-0.25, -0.2) is 0 Å². The van der Waals surface area contributed by atoms with Crippen LogP contribution in [0.1, 0.15) is 77.0 Å². The molecule has 0 saturated heterocycles. The second-order valence-electron chi connectivity index (χ2n) is 10.2. The summed E-state index contributed by atoms with van der Waals surface area (Å²) in [4.78, 5) is 36.1. The van der Waals surface area contributed by atoms with E-state index in [1.54, 1.807) is 0 Å². The van der Waals surface area contributed by atoms with Crippen LogP contribution < -0.4 is 16.4 Å². The first-order valence-electron chi connectivity index (χ1n) is 12.4. The molecule has 0 heterocycles. The largest absolute Gasteiger partial charge is 0.481 e. The molecule has 31 heavy (non-hydrogen) atoms. The number of carboxylic acids is 1. The van der Waals surface area contributed by atoms with Crippen molar-refractivity contribution in [1.82, 2.24) is 10.6 Å². The maximum Gasteiger partial charge on any atom is 0.306 e. The second kappa shape index (κ2) is 11.8. The van der Waals surface area contributed by atoms with Crippen LogP contribution in [-0.4, -0.2) is 42.5 Å². The Morgan fingerprint density at radius 1 is 0.613 bits per heavy atom. The van der Waals surface area contributed by atoms with Gasteiger partial charge >= 0.3 is 5.97 Å². The molecule has 0 aliphatic heterocycles. The summed E-state index contributed by atoms with van der Waals surface area (Å²) in [7, 11) is 0. The molecule has 5 N–H and O–H groups in total. The van der Waals surface area contributed by atoms with Gasteiger partial charge in [0.25, 0.3) is 0 Å². The van der Waals surface area contributed by atoms with E-state index in [1.807, 2.05) is 0 Å². The fraction of sp³-hybridized carbons (Fsp3) is 0.875. The summed E-state index contributed by atoms with van der Waals surface area (Å²) in [5, 5.41) is 15.4. The van der Waals surface area contributed by atoms with Gasteiger partial charge in [0.2, 0.25) is 11.8 Å². The molecule has 0 aromatic rings. The molecule has 3 saturated carbocycles. The Labute approximate surface area is 186 Å². The monoisotopic (exact) mass is 435 g/mol. The Morgan fingerprint density at radius 3 is 1.32 bits per heavy atom. The van der Waals surface area contributed by atoms with Crippen molar-refractivity contribution in [3.63, 3.8) is 0 Å². The second-order valence-corrected chi connectivity index (χ2v) is 10.2. The molecular weight excluding hydrogens is 394 g/mol. The van der Waals surface area contributed by atoms with Gasteiger partial charge in [-0.3, -0.25) is 14.4 Å². The predicted molar refractivity (Wildman–Crippen MR) is 119 cm³/mol. The van der Waals surface area contributed by atoms with Gasteiger partial charge in [0.1, 0.15) is 0 Å². The molecule has 7 nitrogen and oxygen atoms in total. The molecule has 0 spiro atoms. The van der Waals surface area contributed by atoms with E-state index in [0.29, 0.717) is 24.3 Å². The minimum atomic E-state index is -0.686. The molecule has 3 aliphatic rings. The summed E-state index contributed by atoms with van der Waals surface area (Å²) in [6.45, 7) is 2.14. The molecular formula is C24H41N3O4. The van der Waals surface area contributed by atoms with Crippen molar-refractivity contribution in [1.29, 1.82) is 0 Å². The third-order valence-electron chi connectivity index (χ3n) is 8.09. The Hall–Kier alpha value is -1.63. The molecule has 7 heteroatoms. The van der Waals surface area contributed by atoms with E-state index in [9.17, 15) is 14.4 Å². The standard InChI is InChI=1S/C24H41N3O4/c25-13-16-1-7-19(8-2-16)22(28)26-14-17-3-9-20(10-4-17)23(29)27-15-18-5-11-21(12-6-18)24(30)31/h16-21H,1-15,25H2,(H,26,28)(H,27,29)(H,30,31). The topological polar surface area (TPSA) is 122 Å². The summed E-state index contributed by atoms with van der Waals surface area (Å²) in [5.41, 5.74) is 5.74. The van der Waals surface area contributed by atoms with E-state index in [0.717, 1.165) is 90.1 Å². The Balaban J connectivity index is 1.27. The average Bonchev–Trinajstić information content (AvgIpc) is 2.81. The fourth-order valence-electron chi connectivity index (χ4n) is 5.68. The summed E-state index contributed by atoms with van der Waals surface area (Å²) >= 11 is 0. The third kappa shape index (κ3) is 7.19. The van der Waals surface area contributed by atoms with E-state index in [-0.39, 0.29) is 29.6 Å². The number of nitrogens with one attached hydrogen (secondary N) is 2. The van der Waals surface area contributed by atoms with Crippen LogP contribution in [0.25, 0.3) is 0 Å². The van der Waals surface area contributed by atoms with Crippen LogP contribution in [0.2, 0.25) is 0 Å². The Morgan fingerprint density at radius 2 is 0.968 bits per heavy atom. The zero-order valence-corrected chi connectivity index (χ0v) is 18.8. The van der Waals surface area contributed by atoms with Crippen molar-refractivity contribution in [3.8, 4) is 0 Å². The van der Waals surface area contributed by atoms with Crippen molar-refractivity contribution in [2.45, 2.75) is 77.0 Å². The number of carbonyl (C=O) groups is 3. The van der Waals surface area contributed by atoms with E-state index in [4.69, 9.17) is 10.8 Å². The van der Waals surface area contributed by atoms with Crippen LogP contribution in [0, 0.1) is 35.5 Å². The van der Waals surface area contributed by atoms with Crippen LogP contribution in [-0.2, 0) is 14.4 Å². The predicted octanol–water partition coefficient (Wildman–Crippen LogP) is 2.68. The quantitative estimate of drug-likeness (QED) is 0.467. The van der Waals surface area contributed by atoms with Crippen molar-refractivity contribution in [2.24, 2.45) is 41.2 Å². The van der Waals surface area contributed by atoms with Gasteiger partial charge in [-0.15, -0.1) is 0 Å². The first kappa shape index (κ1) is 24.0. The molecule has 3 rings (SSSR count). The van der Waals surface area contributed by atoms with E-state index in [1.165, 1.54) is 0 Å². The molecule has 3 fully saturated rings. The number of carbonyl (C=O) groups excluding carboxylic acids is 2. The van der Waals surface area contributed by atoms with E-state index >= 15 is 0 Å². The smallest absolute Gasteiger partial charge is 0.306 e. The molecule has 176 valence electrons. The number of hydrogen-bond acceptors (Lipinski definition) is 4. The highest BCUT2D eigenvalue weighted by atomic mass is 16.4. The zero-order valence-electron chi connectivity index (χ0n) is 18.8. The van der Waals surface area contributed by atoms with Crippen LogP contribution in [0.15, 0.2) is 0 Å². The van der Waals surface area contributed by atoms with Crippen molar-refractivity contribution >= 4 is 17.8 Å². The highest BCUT2D eigenvalue weighted by Gasteiger charge is 2.30. The highest BCUT2D eigenvalue weighted by Crippen LogP contribution is 2.31. The van der Waals surface area contributed by atoms with Gasteiger partial charge in [-0.05, 0) is 101 Å². The minimum Gasteiger partial charge on any atom is -0.481 e. The van der Waals surface area contributed by atoms with Gasteiger partial charge < -0.3 is 21.5 Å². The lowest BCUT2D eigenvalue weighted by Gasteiger charge is -2.31. The molecule has 3 aliphatic carbocycles. The van der Waals surface area contributed by atoms with Crippen molar-refractivity contribution in [2.75, 3.05) is 19.6 Å². The van der Waals surface area contributed by atoms with Gasteiger partial charge in [0, 0.05) is 24.9 Å². The van der Waals surface area contributed by atoms with Crippen LogP contribution in [0.5, 0.6) is 0 Å². The number of nitrogens with two attached hydrogens (primary N) is 1. The summed E-state index contributed by atoms with van der Waals surface area (Å²) < 4.78 is 0. The van der Waals surface area contributed by atoms with Gasteiger partial charge in [0.15, 0.2) is 0 Å². The maximum atomic E-state index is 12.6. The SMILES string of the molecule is NCC1CCC(C(=O)NCC2CCC(C(=O)NCC3CCC(C(=O)O)CC3)CC2)CC1. The molecule has 0 unspecified atom stereocenters. The Bertz CT molecular complexity index is 602. The first-order chi connectivity index (χ1) is 15.0. The molecule has 0 aromatic carbocycles. The van der Waals surface area contributed by atoms with Gasteiger partial charge in [-0.2, -0.15) is 0 Å². The number of rotatable bonds is 8. The molecule has 0 aromatic heterocycles. The lowest BCUT2D eigenvalue weighted by atomic mass is 9.80. The number of amides is 2. The van der Waals surface area contributed by atoms with Crippen molar-refractivity contribution < 1.29 is 19.5 Å². The van der Waals surface area contributed by atoms with Crippen LogP contribution in [0.3, 0.4) is 0 Å². The highest BCUT2D eigenvalue weighted by molar-refractivity contribution is 5.79. The lowest BCUT2D eigenvalue weighted by Crippen LogP contribution is -2.40. The zero-order chi connectivity index (χ0) is 22.2. The van der Waals surface area contributed by atoms with Crippen molar-refractivity contribution in [3.05, 3.63) is 0 Å². The third-order valence-corrected chi connectivity index (χ3v) is 8.09.